The first-order valence-corrected chi connectivity index (χ1v) is 17.4. The Balaban J connectivity index is 1.86. The summed E-state index contributed by atoms with van der Waals surface area (Å²) in [6, 6.07) is 27.1. The largest absolute Gasteiger partial charge is 0.495 e. The van der Waals surface area contributed by atoms with Gasteiger partial charge < -0.3 is 15.0 Å². The molecular formula is C37H42ClN3O5S. The molecule has 8 nitrogen and oxygen atoms in total. The SMILES string of the molecule is CC[C@H](C)NC(=O)[C@H](Cc1ccccc1)N(Cc1cccc(C)c1)C(=O)CN(c1cc(Cl)ccc1OC)S(=O)(=O)c1ccc(C)cc1. The van der Waals surface area contributed by atoms with Gasteiger partial charge in [-0.1, -0.05) is 96.4 Å². The summed E-state index contributed by atoms with van der Waals surface area (Å²) in [6.45, 7) is 7.16. The van der Waals surface area contributed by atoms with Gasteiger partial charge in [-0.05, 0) is 68.7 Å². The minimum Gasteiger partial charge on any atom is -0.495 e. The number of nitrogens with zero attached hydrogens (tertiary/aromatic N) is 2. The quantitative estimate of drug-likeness (QED) is 0.160. The van der Waals surface area contributed by atoms with Crippen LogP contribution in [0.4, 0.5) is 5.69 Å². The number of hydrogen-bond acceptors (Lipinski definition) is 5. The van der Waals surface area contributed by atoms with Crippen molar-refractivity contribution < 1.29 is 22.7 Å². The lowest BCUT2D eigenvalue weighted by Crippen LogP contribution is -2.54. The Labute approximate surface area is 283 Å². The molecular weight excluding hydrogens is 634 g/mol. The van der Waals surface area contributed by atoms with Gasteiger partial charge in [-0.25, -0.2) is 8.42 Å². The molecule has 4 aromatic carbocycles. The standard InChI is InChI=1S/C37H42ClN3O5S/c1-6-28(4)39-37(43)34(22-29-12-8-7-9-13-29)40(24-30-14-10-11-27(3)21-30)36(42)25-41(33-23-31(38)17-20-35(33)46-5)47(44,45)32-18-15-26(2)16-19-32/h7-21,23,28,34H,6,22,24-25H2,1-5H3,(H,39,43)/t28-,34-/m0/s1. The highest BCUT2D eigenvalue weighted by Crippen LogP contribution is 2.35. The van der Waals surface area contributed by atoms with Crippen molar-refractivity contribution >= 4 is 39.1 Å². The Morgan fingerprint density at radius 2 is 1.55 bits per heavy atom. The van der Waals surface area contributed by atoms with Crippen LogP contribution in [0.15, 0.2) is 102 Å². The molecule has 0 fully saturated rings. The van der Waals surface area contributed by atoms with Crippen LogP contribution in [0.1, 0.15) is 42.5 Å². The monoisotopic (exact) mass is 675 g/mol. The number of carbonyl (C=O) groups is 2. The molecule has 47 heavy (non-hydrogen) atoms. The van der Waals surface area contributed by atoms with Crippen molar-refractivity contribution in [2.45, 2.75) is 64.1 Å². The number of methoxy groups -OCH3 is 1. The van der Waals surface area contributed by atoms with Gasteiger partial charge in [0.25, 0.3) is 10.0 Å². The van der Waals surface area contributed by atoms with E-state index in [1.807, 2.05) is 82.3 Å². The molecule has 0 bridgehead atoms. The molecule has 0 aliphatic heterocycles. The molecule has 10 heteroatoms. The van der Waals surface area contributed by atoms with Crippen LogP contribution >= 0.6 is 11.6 Å². The highest BCUT2D eigenvalue weighted by molar-refractivity contribution is 7.92. The number of nitrogens with one attached hydrogen (secondary N) is 1. The highest BCUT2D eigenvalue weighted by atomic mass is 35.5. The molecule has 0 aromatic heterocycles. The molecule has 0 heterocycles. The van der Waals surface area contributed by atoms with E-state index < -0.39 is 28.5 Å². The first kappa shape index (κ1) is 35.5. The molecule has 0 saturated heterocycles. The van der Waals surface area contributed by atoms with Crippen molar-refractivity contribution in [1.82, 2.24) is 10.2 Å². The average Bonchev–Trinajstić information content (AvgIpc) is 3.05. The summed E-state index contributed by atoms with van der Waals surface area (Å²) in [5.41, 5.74) is 3.65. The average molecular weight is 676 g/mol. The number of anilines is 1. The molecule has 0 radical (unpaired) electrons. The van der Waals surface area contributed by atoms with E-state index in [9.17, 15) is 18.0 Å². The summed E-state index contributed by atoms with van der Waals surface area (Å²) >= 11 is 6.38. The van der Waals surface area contributed by atoms with Crippen LogP contribution in [-0.2, 0) is 32.6 Å². The molecule has 0 unspecified atom stereocenters. The predicted molar refractivity (Wildman–Crippen MR) is 187 cm³/mol. The first-order valence-electron chi connectivity index (χ1n) is 15.5. The summed E-state index contributed by atoms with van der Waals surface area (Å²) in [6.07, 6.45) is 0.929. The van der Waals surface area contributed by atoms with Gasteiger partial charge in [-0.15, -0.1) is 0 Å². The van der Waals surface area contributed by atoms with Crippen LogP contribution < -0.4 is 14.4 Å². The molecule has 0 spiro atoms. The van der Waals surface area contributed by atoms with Crippen molar-refractivity contribution in [3.05, 3.63) is 124 Å². The molecule has 4 rings (SSSR count). The first-order chi connectivity index (χ1) is 22.4. The van der Waals surface area contributed by atoms with E-state index in [-0.39, 0.29) is 46.3 Å². The third-order valence-corrected chi connectivity index (χ3v) is 10.0. The maximum Gasteiger partial charge on any atom is 0.264 e. The van der Waals surface area contributed by atoms with E-state index in [2.05, 4.69) is 5.32 Å². The van der Waals surface area contributed by atoms with Gasteiger partial charge in [0.2, 0.25) is 11.8 Å². The minimum absolute atomic E-state index is 0.00138. The second-order valence-corrected chi connectivity index (χ2v) is 14.0. The summed E-state index contributed by atoms with van der Waals surface area (Å²) in [7, 11) is -2.89. The molecule has 2 amide bonds. The van der Waals surface area contributed by atoms with Crippen LogP contribution in [-0.4, -0.2) is 50.9 Å². The normalized spacial score (nSPS) is 12.6. The van der Waals surface area contributed by atoms with Crippen molar-refractivity contribution in [1.29, 1.82) is 0 Å². The molecule has 4 aromatic rings. The van der Waals surface area contributed by atoms with E-state index in [4.69, 9.17) is 16.3 Å². The second-order valence-electron chi connectivity index (χ2n) is 11.7. The number of rotatable bonds is 14. The summed E-state index contributed by atoms with van der Waals surface area (Å²) in [5, 5.41) is 3.32. The van der Waals surface area contributed by atoms with Crippen LogP contribution in [0.2, 0.25) is 5.02 Å². The third kappa shape index (κ3) is 9.14. The summed E-state index contributed by atoms with van der Waals surface area (Å²) in [5.74, 6) is -0.666. The number of halogens is 1. The lowest BCUT2D eigenvalue weighted by Gasteiger charge is -2.34. The molecule has 248 valence electrons. The van der Waals surface area contributed by atoms with E-state index in [1.165, 1.54) is 30.2 Å². The van der Waals surface area contributed by atoms with Gasteiger partial charge in [-0.3, -0.25) is 13.9 Å². The van der Waals surface area contributed by atoms with Crippen LogP contribution in [0.3, 0.4) is 0 Å². The van der Waals surface area contributed by atoms with E-state index in [1.54, 1.807) is 24.3 Å². The minimum atomic E-state index is -4.31. The molecule has 0 saturated carbocycles. The molecule has 0 aliphatic rings. The van der Waals surface area contributed by atoms with Crippen LogP contribution in [0.25, 0.3) is 0 Å². The lowest BCUT2D eigenvalue weighted by molar-refractivity contribution is -0.140. The Kier molecular flexibility index (Phi) is 12.1. The fourth-order valence-corrected chi connectivity index (χ4v) is 6.79. The van der Waals surface area contributed by atoms with Gasteiger partial charge >= 0.3 is 0 Å². The third-order valence-electron chi connectivity index (χ3n) is 8.00. The Hall–Kier alpha value is -4.34. The zero-order chi connectivity index (χ0) is 34.1. The number of hydrogen-bond donors (Lipinski definition) is 1. The van der Waals surface area contributed by atoms with Gasteiger partial charge in [0, 0.05) is 24.0 Å². The van der Waals surface area contributed by atoms with Crippen molar-refractivity contribution in [3.8, 4) is 5.75 Å². The zero-order valence-electron chi connectivity index (χ0n) is 27.4. The number of sulfonamides is 1. The predicted octanol–water partition coefficient (Wildman–Crippen LogP) is 6.72. The number of carbonyl (C=O) groups excluding carboxylic acids is 2. The van der Waals surface area contributed by atoms with Gasteiger partial charge in [0.05, 0.1) is 17.7 Å². The molecule has 0 aliphatic carbocycles. The number of amides is 2. The molecule has 2 atom stereocenters. The maximum absolute atomic E-state index is 14.7. The maximum atomic E-state index is 14.7. The van der Waals surface area contributed by atoms with Crippen molar-refractivity contribution in [2.24, 2.45) is 0 Å². The number of ether oxygens (including phenoxy) is 1. The van der Waals surface area contributed by atoms with Crippen LogP contribution in [0.5, 0.6) is 5.75 Å². The Morgan fingerprint density at radius 1 is 0.872 bits per heavy atom. The van der Waals surface area contributed by atoms with Gasteiger partial charge in [0.1, 0.15) is 18.3 Å². The fraction of sp³-hybridized carbons (Fsp3) is 0.297. The van der Waals surface area contributed by atoms with E-state index >= 15 is 0 Å². The van der Waals surface area contributed by atoms with Gasteiger partial charge in [0.15, 0.2) is 0 Å². The van der Waals surface area contributed by atoms with Crippen molar-refractivity contribution in [2.75, 3.05) is 18.0 Å². The Bertz CT molecular complexity index is 1780. The fourth-order valence-electron chi connectivity index (χ4n) is 5.21. The number of aryl methyl sites for hydroxylation is 2. The highest BCUT2D eigenvalue weighted by Gasteiger charge is 2.36. The topological polar surface area (TPSA) is 96.0 Å². The smallest absolute Gasteiger partial charge is 0.264 e. The van der Waals surface area contributed by atoms with Crippen molar-refractivity contribution in [3.63, 3.8) is 0 Å². The zero-order valence-corrected chi connectivity index (χ0v) is 29.0. The summed E-state index contributed by atoms with van der Waals surface area (Å²) < 4.78 is 35.2. The van der Waals surface area contributed by atoms with Gasteiger partial charge in [-0.2, -0.15) is 0 Å². The summed E-state index contributed by atoms with van der Waals surface area (Å²) in [4.78, 5) is 30.2. The van der Waals surface area contributed by atoms with E-state index in [0.717, 1.165) is 26.6 Å². The lowest BCUT2D eigenvalue weighted by atomic mass is 10.0. The molecule has 1 N–H and O–H groups in total. The Morgan fingerprint density at radius 3 is 2.19 bits per heavy atom. The van der Waals surface area contributed by atoms with E-state index in [0.29, 0.717) is 6.42 Å². The van der Waals surface area contributed by atoms with Crippen LogP contribution in [0, 0.1) is 13.8 Å². The number of benzene rings is 4. The second kappa shape index (κ2) is 16.0.